The van der Waals surface area contributed by atoms with Crippen LogP contribution in [0.15, 0.2) is 53.0 Å². The van der Waals surface area contributed by atoms with E-state index in [2.05, 4.69) is 21.2 Å². The van der Waals surface area contributed by atoms with Crippen molar-refractivity contribution < 1.29 is 14.3 Å². The number of methoxy groups -OCH3 is 1. The van der Waals surface area contributed by atoms with Crippen LogP contribution in [0.5, 0.6) is 0 Å². The van der Waals surface area contributed by atoms with E-state index >= 15 is 0 Å². The van der Waals surface area contributed by atoms with Gasteiger partial charge in [-0.25, -0.2) is 4.79 Å². The van der Waals surface area contributed by atoms with Crippen LogP contribution in [0.1, 0.15) is 15.9 Å². The van der Waals surface area contributed by atoms with Gasteiger partial charge >= 0.3 is 5.97 Å². The Morgan fingerprint density at radius 3 is 2.61 bits per heavy atom. The largest absolute Gasteiger partial charge is 0.467 e. The number of esters is 1. The molecule has 23 heavy (non-hydrogen) atoms. The Kier molecular flexibility index (Phi) is 6.19. The predicted molar refractivity (Wildman–Crippen MR) is 92.6 cm³/mol. The molecule has 4 nitrogen and oxygen atoms in total. The first kappa shape index (κ1) is 17.5. The van der Waals surface area contributed by atoms with Crippen molar-refractivity contribution in [2.24, 2.45) is 0 Å². The van der Waals surface area contributed by atoms with Gasteiger partial charge < -0.3 is 10.1 Å². The lowest BCUT2D eigenvalue weighted by Gasteiger charge is -2.17. The number of ether oxygens (including phenoxy) is 1. The molecule has 0 bridgehead atoms. The van der Waals surface area contributed by atoms with Gasteiger partial charge in [-0.2, -0.15) is 0 Å². The quantitative estimate of drug-likeness (QED) is 0.786. The zero-order valence-corrected chi connectivity index (χ0v) is 14.7. The van der Waals surface area contributed by atoms with Gasteiger partial charge in [0.1, 0.15) is 6.04 Å². The van der Waals surface area contributed by atoms with Gasteiger partial charge in [0, 0.05) is 21.5 Å². The third-order valence-electron chi connectivity index (χ3n) is 3.26. The molecule has 0 radical (unpaired) electrons. The maximum absolute atomic E-state index is 12.3. The zero-order chi connectivity index (χ0) is 16.8. The van der Waals surface area contributed by atoms with Crippen molar-refractivity contribution in [3.8, 4) is 0 Å². The summed E-state index contributed by atoms with van der Waals surface area (Å²) in [5.74, 6) is -0.873. The molecule has 6 heteroatoms. The first-order valence-electron chi connectivity index (χ1n) is 6.89. The molecule has 2 aromatic rings. The number of nitrogens with one attached hydrogen (secondary N) is 1. The number of amides is 1. The third kappa shape index (κ3) is 4.81. The summed E-state index contributed by atoms with van der Waals surface area (Å²) in [5.41, 5.74) is 1.21. The fraction of sp³-hybridized carbons (Fsp3) is 0.176. The third-order valence-corrected chi connectivity index (χ3v) is 4.12. The molecule has 0 aliphatic rings. The smallest absolute Gasteiger partial charge is 0.328 e. The van der Waals surface area contributed by atoms with Crippen molar-refractivity contribution >= 4 is 39.4 Å². The van der Waals surface area contributed by atoms with Crippen molar-refractivity contribution in [2.75, 3.05) is 7.11 Å². The number of carbonyl (C=O) groups excluding carboxylic acids is 2. The molecule has 2 aromatic carbocycles. The van der Waals surface area contributed by atoms with E-state index < -0.39 is 12.0 Å². The summed E-state index contributed by atoms with van der Waals surface area (Å²) in [6, 6.07) is 13.3. The van der Waals surface area contributed by atoms with E-state index in [0.717, 1.165) is 10.0 Å². The van der Waals surface area contributed by atoms with Crippen molar-refractivity contribution in [3.63, 3.8) is 0 Å². The van der Waals surface area contributed by atoms with Crippen LogP contribution in [-0.2, 0) is 16.0 Å². The highest BCUT2D eigenvalue weighted by molar-refractivity contribution is 9.10. The summed E-state index contributed by atoms with van der Waals surface area (Å²) in [6.45, 7) is 0. The monoisotopic (exact) mass is 395 g/mol. The van der Waals surface area contributed by atoms with Gasteiger partial charge in [0.15, 0.2) is 0 Å². The van der Waals surface area contributed by atoms with Crippen LogP contribution in [0.3, 0.4) is 0 Å². The summed E-state index contributed by atoms with van der Waals surface area (Å²) >= 11 is 9.43. The Hall–Kier alpha value is -1.85. The molecule has 0 saturated heterocycles. The summed E-state index contributed by atoms with van der Waals surface area (Å²) < 4.78 is 5.56. The van der Waals surface area contributed by atoms with Gasteiger partial charge in [-0.3, -0.25) is 4.79 Å². The molecule has 0 unspecified atom stereocenters. The normalized spacial score (nSPS) is 11.6. The van der Waals surface area contributed by atoms with Crippen LogP contribution in [0.4, 0.5) is 0 Å². The molecule has 1 N–H and O–H groups in total. The number of carbonyl (C=O) groups is 2. The van der Waals surface area contributed by atoms with E-state index in [1.807, 2.05) is 18.2 Å². The van der Waals surface area contributed by atoms with Crippen molar-refractivity contribution in [3.05, 3.63) is 69.2 Å². The maximum atomic E-state index is 12.3. The topological polar surface area (TPSA) is 55.4 Å². The lowest BCUT2D eigenvalue weighted by atomic mass is 10.1. The van der Waals surface area contributed by atoms with Crippen LogP contribution in [-0.4, -0.2) is 25.0 Å². The van der Waals surface area contributed by atoms with Crippen molar-refractivity contribution in [1.82, 2.24) is 5.32 Å². The molecule has 1 amide bonds. The fourth-order valence-electron chi connectivity index (χ4n) is 2.09. The zero-order valence-electron chi connectivity index (χ0n) is 12.4. The molecule has 0 aromatic heterocycles. The molecule has 0 saturated carbocycles. The second kappa shape index (κ2) is 8.13. The van der Waals surface area contributed by atoms with Gasteiger partial charge in [-0.05, 0) is 29.8 Å². The molecule has 0 heterocycles. The van der Waals surface area contributed by atoms with Crippen molar-refractivity contribution in [2.45, 2.75) is 12.5 Å². The fourth-order valence-corrected chi connectivity index (χ4v) is 2.70. The van der Waals surface area contributed by atoms with Crippen LogP contribution in [0.25, 0.3) is 0 Å². The summed E-state index contributed by atoms with van der Waals surface area (Å²) in [5, 5.41) is 3.23. The molecular weight excluding hydrogens is 382 g/mol. The lowest BCUT2D eigenvalue weighted by Crippen LogP contribution is -2.43. The van der Waals surface area contributed by atoms with Crippen LogP contribution >= 0.6 is 27.5 Å². The van der Waals surface area contributed by atoms with Gasteiger partial charge in [0.05, 0.1) is 7.11 Å². The molecule has 0 fully saturated rings. The number of hydrogen-bond donors (Lipinski definition) is 1. The van der Waals surface area contributed by atoms with Crippen LogP contribution in [0.2, 0.25) is 5.02 Å². The van der Waals surface area contributed by atoms with Gasteiger partial charge in [-0.1, -0.05) is 51.8 Å². The molecule has 0 aliphatic heterocycles. The van der Waals surface area contributed by atoms with E-state index in [4.69, 9.17) is 16.3 Å². The Morgan fingerprint density at radius 1 is 1.22 bits per heavy atom. The Labute approximate surface area is 147 Å². The van der Waals surface area contributed by atoms with Gasteiger partial charge in [-0.15, -0.1) is 0 Å². The number of halogens is 2. The SMILES string of the molecule is COC(=O)[C@H](Cc1ccccc1Cl)NC(=O)c1cccc(Br)c1. The van der Waals surface area contributed by atoms with Crippen LogP contribution in [0, 0.1) is 0 Å². The molecule has 2 rings (SSSR count). The highest BCUT2D eigenvalue weighted by atomic mass is 79.9. The minimum atomic E-state index is -0.814. The highest BCUT2D eigenvalue weighted by Gasteiger charge is 2.23. The summed E-state index contributed by atoms with van der Waals surface area (Å²) in [7, 11) is 1.28. The van der Waals surface area contributed by atoms with Gasteiger partial charge in [0.25, 0.3) is 5.91 Å². The molecular formula is C17H15BrClNO3. The number of hydrogen-bond acceptors (Lipinski definition) is 3. The number of benzene rings is 2. The Morgan fingerprint density at radius 2 is 1.96 bits per heavy atom. The second-order valence-electron chi connectivity index (χ2n) is 4.86. The molecule has 0 spiro atoms. The first-order valence-corrected chi connectivity index (χ1v) is 8.06. The lowest BCUT2D eigenvalue weighted by molar-refractivity contribution is -0.142. The minimum Gasteiger partial charge on any atom is -0.467 e. The Bertz CT molecular complexity index is 720. The first-order chi connectivity index (χ1) is 11.0. The standard InChI is InChI=1S/C17H15BrClNO3/c1-23-17(22)15(10-11-5-2-3-8-14(11)19)20-16(21)12-6-4-7-13(18)9-12/h2-9,15H,10H2,1H3,(H,20,21)/t15-/m0/s1. The summed E-state index contributed by atoms with van der Waals surface area (Å²) in [6.07, 6.45) is 0.256. The highest BCUT2D eigenvalue weighted by Crippen LogP contribution is 2.18. The van der Waals surface area contributed by atoms with Crippen LogP contribution < -0.4 is 5.32 Å². The van der Waals surface area contributed by atoms with Gasteiger partial charge in [0.2, 0.25) is 0 Å². The maximum Gasteiger partial charge on any atom is 0.328 e. The molecule has 1 atom stereocenters. The molecule has 0 aliphatic carbocycles. The minimum absolute atomic E-state index is 0.256. The van der Waals surface area contributed by atoms with E-state index in [9.17, 15) is 9.59 Å². The average molecular weight is 397 g/mol. The summed E-state index contributed by atoms with van der Waals surface area (Å²) in [4.78, 5) is 24.3. The van der Waals surface area contributed by atoms with E-state index in [-0.39, 0.29) is 12.3 Å². The average Bonchev–Trinajstić information content (AvgIpc) is 2.55. The molecule has 120 valence electrons. The van der Waals surface area contributed by atoms with Crippen molar-refractivity contribution in [1.29, 1.82) is 0 Å². The van der Waals surface area contributed by atoms with E-state index in [1.165, 1.54) is 7.11 Å². The second-order valence-corrected chi connectivity index (χ2v) is 6.18. The van der Waals surface area contributed by atoms with E-state index in [0.29, 0.717) is 10.6 Å². The number of rotatable bonds is 5. The van der Waals surface area contributed by atoms with E-state index in [1.54, 1.807) is 30.3 Å². The Balaban J connectivity index is 2.17. The predicted octanol–water partition coefficient (Wildman–Crippen LogP) is 3.62.